The maximum atomic E-state index is 14.1. The van der Waals surface area contributed by atoms with Gasteiger partial charge in [-0.15, -0.1) is 0 Å². The van der Waals surface area contributed by atoms with Crippen LogP contribution in [0, 0.1) is 18.3 Å². The van der Waals surface area contributed by atoms with E-state index in [1.165, 1.54) is 6.92 Å². The van der Waals surface area contributed by atoms with E-state index >= 15 is 0 Å². The molecule has 6 rings (SSSR count). The van der Waals surface area contributed by atoms with Gasteiger partial charge in [0.2, 0.25) is 11.8 Å². The highest BCUT2D eigenvalue weighted by molar-refractivity contribution is 6.07. The van der Waals surface area contributed by atoms with Gasteiger partial charge in [0.1, 0.15) is 12.2 Å². The Morgan fingerprint density at radius 1 is 1.12 bits per heavy atom. The summed E-state index contributed by atoms with van der Waals surface area (Å²) >= 11 is 0. The summed E-state index contributed by atoms with van der Waals surface area (Å²) in [4.78, 5) is 63.6. The number of hydrogen-bond acceptors (Lipinski definition) is 7. The van der Waals surface area contributed by atoms with Crippen LogP contribution in [-0.2, 0) is 27.3 Å². The highest BCUT2D eigenvalue weighted by Gasteiger charge is 2.66. The molecule has 0 unspecified atom stereocenters. The maximum absolute atomic E-state index is 14.1. The van der Waals surface area contributed by atoms with E-state index in [2.05, 4.69) is 28.3 Å². The van der Waals surface area contributed by atoms with Crippen LogP contribution in [0.4, 0.5) is 0 Å². The van der Waals surface area contributed by atoms with Crippen molar-refractivity contribution in [1.29, 1.82) is 0 Å². The van der Waals surface area contributed by atoms with Crippen molar-refractivity contribution in [2.24, 2.45) is 11.3 Å². The third kappa shape index (κ3) is 5.47. The van der Waals surface area contributed by atoms with Gasteiger partial charge in [-0.3, -0.25) is 33.8 Å². The molecule has 1 saturated carbocycles. The summed E-state index contributed by atoms with van der Waals surface area (Å²) in [5.41, 5.74) is 4.18. The quantitative estimate of drug-likeness (QED) is 0.455. The second-order valence-corrected chi connectivity index (χ2v) is 12.9. The molecule has 0 spiro atoms. The fraction of sp³-hybridized carbons (Fsp3) is 0.545. The van der Waals surface area contributed by atoms with Gasteiger partial charge in [-0.25, -0.2) is 0 Å². The summed E-state index contributed by atoms with van der Waals surface area (Å²) in [6.07, 6.45) is 9.05. The summed E-state index contributed by atoms with van der Waals surface area (Å²) in [5.74, 6) is -0.0517. The first kappa shape index (κ1) is 29.1. The average Bonchev–Trinajstić information content (AvgIpc) is 3.39. The van der Waals surface area contributed by atoms with E-state index in [1.807, 2.05) is 19.9 Å². The zero-order valence-electron chi connectivity index (χ0n) is 25.5. The lowest BCUT2D eigenvalue weighted by Crippen LogP contribution is -2.44. The van der Waals surface area contributed by atoms with Gasteiger partial charge in [0.15, 0.2) is 11.6 Å². The molecule has 2 bridgehead atoms. The monoisotopic (exact) mass is 584 g/mol. The molecule has 3 aliphatic rings. The molecule has 226 valence electrons. The first-order valence-corrected chi connectivity index (χ1v) is 15.5. The molecule has 1 aliphatic carbocycles. The number of ketones is 2. The lowest BCUT2D eigenvalue weighted by Gasteiger charge is -2.26. The Balaban J connectivity index is 1.45. The molecule has 2 aliphatic heterocycles. The Bertz CT molecular complexity index is 1610. The molecule has 4 heterocycles. The molecule has 10 heteroatoms. The number of hydrogen-bond donors (Lipinski definition) is 1. The fourth-order valence-electron chi connectivity index (χ4n) is 7.20. The molecule has 4 atom stereocenters. The summed E-state index contributed by atoms with van der Waals surface area (Å²) in [5, 5.41) is 8.53. The number of nitrogens with one attached hydrogen (secondary N) is 1. The summed E-state index contributed by atoms with van der Waals surface area (Å²) in [6.45, 7) is 7.73. The molecule has 43 heavy (non-hydrogen) atoms. The number of nitrogens with zero attached hydrogens (tertiary/aromatic N) is 5. The second-order valence-electron chi connectivity index (χ2n) is 12.9. The molecule has 1 N–H and O–H groups in total. The van der Waals surface area contributed by atoms with E-state index in [0.717, 1.165) is 48.0 Å². The highest BCUT2D eigenvalue weighted by Crippen LogP contribution is 2.59. The SMILES string of the molecule is CCC(=O)[C@@H]1C[C@]23CNC(=O)C[C@H](C)CCCCc4cc(-c5cnc(C)cn5)cc5c(C(C)=O)nn(c45)CC(=O)N1[C@@H]2C3. The zero-order chi connectivity index (χ0) is 30.5. The van der Waals surface area contributed by atoms with Gasteiger partial charge >= 0.3 is 0 Å². The van der Waals surface area contributed by atoms with Gasteiger partial charge in [-0.2, -0.15) is 5.10 Å². The number of piperidine rings is 1. The second kappa shape index (κ2) is 11.3. The number of carbonyl (C=O) groups excluding carboxylic acids is 4. The van der Waals surface area contributed by atoms with Crippen molar-refractivity contribution in [2.45, 2.75) is 97.7 Å². The van der Waals surface area contributed by atoms with Crippen LogP contribution >= 0.6 is 0 Å². The topological polar surface area (TPSA) is 127 Å². The number of benzene rings is 1. The predicted molar refractivity (Wildman–Crippen MR) is 161 cm³/mol. The standard InChI is InChI=1S/C33H40N6O4/c1-5-27(41)26-13-33-14-28(33)39(26)30(43)17-38-32-22(9-7-6-8-19(2)10-29(42)36-18-33)11-23(25-16-34-20(3)15-35-25)12-24(32)31(37-38)21(4)40/h11-12,15-16,19,26,28H,5-10,13-14,17-18H2,1-4H3,(H,36,42)/t19-,26+,28-,33+/m1/s1. The molecule has 10 nitrogen and oxygen atoms in total. The number of carbonyl (C=O) groups is 4. The number of rotatable bonds is 4. The lowest BCUT2D eigenvalue weighted by atomic mass is 9.94. The van der Waals surface area contributed by atoms with Gasteiger partial charge in [-0.1, -0.05) is 26.7 Å². The van der Waals surface area contributed by atoms with E-state index in [9.17, 15) is 19.2 Å². The van der Waals surface area contributed by atoms with Crippen LogP contribution in [0.2, 0.25) is 0 Å². The van der Waals surface area contributed by atoms with Crippen molar-refractivity contribution >= 4 is 34.3 Å². The first-order valence-electron chi connectivity index (χ1n) is 15.5. The van der Waals surface area contributed by atoms with E-state index in [0.29, 0.717) is 49.0 Å². The molecular formula is C33H40N6O4. The van der Waals surface area contributed by atoms with Gasteiger partial charge in [0.25, 0.3) is 0 Å². The molecule has 2 amide bonds. The first-order chi connectivity index (χ1) is 20.6. The largest absolute Gasteiger partial charge is 0.355 e. The van der Waals surface area contributed by atoms with Crippen LogP contribution in [-0.4, -0.2) is 66.7 Å². The van der Waals surface area contributed by atoms with Crippen LogP contribution < -0.4 is 5.32 Å². The highest BCUT2D eigenvalue weighted by atomic mass is 16.2. The van der Waals surface area contributed by atoms with Crippen LogP contribution in [0.5, 0.6) is 0 Å². The minimum absolute atomic E-state index is 0.0329. The van der Waals surface area contributed by atoms with Crippen molar-refractivity contribution in [2.75, 3.05) is 6.54 Å². The Hall–Kier alpha value is -3.95. The molecule has 2 aromatic heterocycles. The smallest absolute Gasteiger partial charge is 0.245 e. The van der Waals surface area contributed by atoms with Crippen LogP contribution in [0.1, 0.15) is 87.5 Å². The normalized spacial score (nSPS) is 26.1. The van der Waals surface area contributed by atoms with Gasteiger partial charge in [0, 0.05) is 54.9 Å². The number of aryl methyl sites for hydroxylation is 2. The summed E-state index contributed by atoms with van der Waals surface area (Å²) < 4.78 is 1.67. The van der Waals surface area contributed by atoms with Gasteiger partial charge in [0.05, 0.1) is 29.1 Å². The summed E-state index contributed by atoms with van der Waals surface area (Å²) in [6, 6.07) is 3.40. The van der Waals surface area contributed by atoms with E-state index in [4.69, 9.17) is 5.10 Å². The molecule has 3 aromatic rings. The molecule has 1 saturated heterocycles. The van der Waals surface area contributed by atoms with Crippen LogP contribution in [0.3, 0.4) is 0 Å². The molecular weight excluding hydrogens is 544 g/mol. The molecule has 0 radical (unpaired) electrons. The number of aromatic nitrogens is 4. The summed E-state index contributed by atoms with van der Waals surface area (Å²) in [7, 11) is 0. The Morgan fingerprint density at radius 2 is 1.93 bits per heavy atom. The van der Waals surface area contributed by atoms with Crippen LogP contribution in [0.15, 0.2) is 24.5 Å². The van der Waals surface area contributed by atoms with Crippen molar-refractivity contribution in [3.63, 3.8) is 0 Å². The van der Waals surface area contributed by atoms with Gasteiger partial charge < -0.3 is 10.2 Å². The minimum atomic E-state index is -0.508. The molecule has 1 aromatic carbocycles. The lowest BCUT2D eigenvalue weighted by molar-refractivity contribution is -0.139. The van der Waals surface area contributed by atoms with Gasteiger partial charge in [-0.05, 0) is 56.2 Å². The van der Waals surface area contributed by atoms with E-state index in [-0.39, 0.29) is 47.3 Å². The van der Waals surface area contributed by atoms with E-state index < -0.39 is 6.04 Å². The fourth-order valence-corrected chi connectivity index (χ4v) is 7.20. The minimum Gasteiger partial charge on any atom is -0.355 e. The Morgan fingerprint density at radius 3 is 2.65 bits per heavy atom. The average molecular weight is 585 g/mol. The molecule has 2 fully saturated rings. The number of amides is 2. The third-order valence-electron chi connectivity index (χ3n) is 9.61. The Labute approximate surface area is 251 Å². The van der Waals surface area contributed by atoms with Crippen LogP contribution in [0.25, 0.3) is 22.2 Å². The van der Waals surface area contributed by atoms with Crippen molar-refractivity contribution < 1.29 is 19.2 Å². The predicted octanol–water partition coefficient (Wildman–Crippen LogP) is 4.21. The Kier molecular flexibility index (Phi) is 7.64. The maximum Gasteiger partial charge on any atom is 0.245 e. The number of Topliss-reactive ketones (excluding diaryl/α,β-unsaturated/α-hetero) is 2. The van der Waals surface area contributed by atoms with Crippen molar-refractivity contribution in [3.8, 4) is 11.3 Å². The van der Waals surface area contributed by atoms with E-state index in [1.54, 1.807) is 22.0 Å². The van der Waals surface area contributed by atoms with Crippen molar-refractivity contribution in [3.05, 3.63) is 41.5 Å². The zero-order valence-corrected chi connectivity index (χ0v) is 25.5. The third-order valence-corrected chi connectivity index (χ3v) is 9.61. The van der Waals surface area contributed by atoms with Crippen molar-refractivity contribution in [1.82, 2.24) is 30.0 Å².